The molecule has 1 aromatic heterocycles. The lowest BCUT2D eigenvalue weighted by Crippen LogP contribution is -2.19. The Morgan fingerprint density at radius 3 is 3.15 bits per heavy atom. The number of thiophene rings is 1. The zero-order valence-corrected chi connectivity index (χ0v) is 8.51. The Balaban J connectivity index is 2.15. The first-order valence-electron chi connectivity index (χ1n) is 4.25. The maximum atomic E-state index is 9.64. The van der Waals surface area contributed by atoms with Crippen LogP contribution in [0.1, 0.15) is 17.4 Å². The van der Waals surface area contributed by atoms with Crippen molar-refractivity contribution in [1.29, 1.82) is 0 Å². The molecule has 1 rings (SSSR count). The summed E-state index contributed by atoms with van der Waals surface area (Å²) in [7, 11) is 1.64. The zero-order chi connectivity index (χ0) is 9.52. The molecule has 0 fully saturated rings. The fourth-order valence-corrected chi connectivity index (χ4v) is 1.78. The van der Waals surface area contributed by atoms with Crippen molar-refractivity contribution in [2.75, 3.05) is 20.4 Å². The predicted octanol–water partition coefficient (Wildman–Crippen LogP) is 1.37. The monoisotopic (exact) mass is 201 g/mol. The van der Waals surface area contributed by atoms with Gasteiger partial charge in [0, 0.05) is 18.5 Å². The summed E-state index contributed by atoms with van der Waals surface area (Å²) in [5, 5.41) is 14.7. The van der Waals surface area contributed by atoms with Gasteiger partial charge in [0.25, 0.3) is 0 Å². The highest BCUT2D eigenvalue weighted by atomic mass is 32.1. The molecule has 0 spiro atoms. The number of nitrogens with one attached hydrogen (secondary N) is 1. The van der Waals surface area contributed by atoms with Crippen molar-refractivity contribution in [3.05, 3.63) is 22.4 Å². The highest BCUT2D eigenvalue weighted by Crippen LogP contribution is 2.20. The summed E-state index contributed by atoms with van der Waals surface area (Å²) < 4.78 is 4.82. The van der Waals surface area contributed by atoms with Gasteiger partial charge in [-0.25, -0.2) is 0 Å². The van der Waals surface area contributed by atoms with E-state index < -0.39 is 0 Å². The van der Waals surface area contributed by atoms with Crippen LogP contribution in [0.3, 0.4) is 0 Å². The van der Waals surface area contributed by atoms with E-state index in [-0.39, 0.29) is 6.10 Å². The fraction of sp³-hybridized carbons (Fsp3) is 0.556. The molecule has 0 saturated heterocycles. The molecule has 1 heterocycles. The highest BCUT2D eigenvalue weighted by molar-refractivity contribution is 7.10. The number of rotatable bonds is 6. The van der Waals surface area contributed by atoms with Crippen LogP contribution in [0.25, 0.3) is 0 Å². The second kappa shape index (κ2) is 6.10. The number of hydrogen-bond donors (Lipinski definition) is 2. The smallest absolute Gasteiger partial charge is 0.0961 e. The van der Waals surface area contributed by atoms with E-state index in [1.165, 1.54) is 0 Å². The van der Waals surface area contributed by atoms with Crippen LogP contribution >= 0.6 is 11.3 Å². The van der Waals surface area contributed by atoms with E-state index in [4.69, 9.17) is 4.74 Å². The third-order valence-corrected chi connectivity index (χ3v) is 2.69. The van der Waals surface area contributed by atoms with Gasteiger partial charge in [0.15, 0.2) is 0 Å². The van der Waals surface area contributed by atoms with E-state index in [2.05, 4.69) is 5.32 Å². The van der Waals surface area contributed by atoms with Gasteiger partial charge in [-0.2, -0.15) is 0 Å². The second-order valence-corrected chi connectivity index (χ2v) is 3.73. The van der Waals surface area contributed by atoms with E-state index in [9.17, 15) is 5.11 Å². The third kappa shape index (κ3) is 3.87. The Hall–Kier alpha value is -0.420. The summed E-state index contributed by atoms with van der Waals surface area (Å²) in [6.45, 7) is 1.31. The summed E-state index contributed by atoms with van der Waals surface area (Å²) in [6.07, 6.45) is 0.383. The number of aliphatic hydroxyl groups excluding tert-OH is 1. The fourth-order valence-electron chi connectivity index (χ4n) is 1.04. The summed E-state index contributed by atoms with van der Waals surface area (Å²) >= 11 is 1.59. The van der Waals surface area contributed by atoms with Gasteiger partial charge in [0.05, 0.1) is 12.8 Å². The maximum absolute atomic E-state index is 9.64. The van der Waals surface area contributed by atoms with Crippen molar-refractivity contribution in [2.24, 2.45) is 0 Å². The maximum Gasteiger partial charge on any atom is 0.0961 e. The molecule has 0 aromatic carbocycles. The molecule has 0 aliphatic carbocycles. The molecular weight excluding hydrogens is 186 g/mol. The Labute approximate surface area is 82.4 Å². The Morgan fingerprint density at radius 1 is 1.69 bits per heavy atom. The van der Waals surface area contributed by atoms with Crippen LogP contribution in [0.2, 0.25) is 0 Å². The molecule has 0 aliphatic heterocycles. The van der Waals surface area contributed by atoms with Gasteiger partial charge in [0.2, 0.25) is 0 Å². The van der Waals surface area contributed by atoms with E-state index in [1.807, 2.05) is 17.5 Å². The molecule has 3 nitrogen and oxygen atoms in total. The van der Waals surface area contributed by atoms with Gasteiger partial charge in [-0.05, 0) is 17.9 Å². The summed E-state index contributed by atoms with van der Waals surface area (Å²) in [6, 6.07) is 3.90. The number of ether oxygens (including phenoxy) is 1. The minimum atomic E-state index is -0.343. The first-order chi connectivity index (χ1) is 6.34. The van der Waals surface area contributed by atoms with E-state index in [1.54, 1.807) is 18.4 Å². The molecule has 2 N–H and O–H groups in total. The second-order valence-electron chi connectivity index (χ2n) is 2.75. The first-order valence-corrected chi connectivity index (χ1v) is 5.13. The first kappa shape index (κ1) is 10.7. The average molecular weight is 201 g/mol. The number of aliphatic hydroxyl groups is 1. The predicted molar refractivity (Wildman–Crippen MR) is 53.8 cm³/mol. The molecule has 0 radical (unpaired) electrons. The molecular formula is C9H15NO2S. The lowest BCUT2D eigenvalue weighted by Gasteiger charge is -2.08. The average Bonchev–Trinajstić information content (AvgIpc) is 2.65. The van der Waals surface area contributed by atoms with Crippen molar-refractivity contribution < 1.29 is 9.84 Å². The van der Waals surface area contributed by atoms with E-state index in [0.29, 0.717) is 6.73 Å². The van der Waals surface area contributed by atoms with Crippen molar-refractivity contribution in [3.63, 3.8) is 0 Å². The van der Waals surface area contributed by atoms with Crippen molar-refractivity contribution in [2.45, 2.75) is 12.5 Å². The van der Waals surface area contributed by atoms with Crippen molar-refractivity contribution in [1.82, 2.24) is 5.32 Å². The van der Waals surface area contributed by atoms with Gasteiger partial charge in [-0.1, -0.05) is 6.07 Å². The van der Waals surface area contributed by atoms with Gasteiger partial charge in [0.1, 0.15) is 0 Å². The lowest BCUT2D eigenvalue weighted by molar-refractivity contribution is 0.148. The minimum absolute atomic E-state index is 0.343. The van der Waals surface area contributed by atoms with Crippen LogP contribution in [-0.4, -0.2) is 25.5 Å². The Kier molecular flexibility index (Phi) is 5.00. The van der Waals surface area contributed by atoms with Gasteiger partial charge in [-0.15, -0.1) is 11.3 Å². The van der Waals surface area contributed by atoms with Crippen LogP contribution in [0.5, 0.6) is 0 Å². The Morgan fingerprint density at radius 2 is 2.54 bits per heavy atom. The molecule has 0 saturated carbocycles. The summed E-state index contributed by atoms with van der Waals surface area (Å²) in [5.74, 6) is 0. The normalized spacial score (nSPS) is 13.1. The van der Waals surface area contributed by atoms with Crippen molar-refractivity contribution in [3.8, 4) is 0 Å². The SMILES string of the molecule is COCNCCC(O)c1cccs1. The molecule has 4 heteroatoms. The molecule has 1 aromatic rings. The molecule has 13 heavy (non-hydrogen) atoms. The molecule has 74 valence electrons. The van der Waals surface area contributed by atoms with Crippen LogP contribution in [0, 0.1) is 0 Å². The number of hydrogen-bond acceptors (Lipinski definition) is 4. The number of methoxy groups -OCH3 is 1. The largest absolute Gasteiger partial charge is 0.388 e. The zero-order valence-electron chi connectivity index (χ0n) is 7.69. The Bertz CT molecular complexity index is 213. The molecule has 0 aliphatic rings. The summed E-state index contributed by atoms with van der Waals surface area (Å²) in [4.78, 5) is 1.03. The lowest BCUT2D eigenvalue weighted by atomic mass is 10.2. The summed E-state index contributed by atoms with van der Waals surface area (Å²) in [5.41, 5.74) is 0. The van der Waals surface area contributed by atoms with E-state index in [0.717, 1.165) is 17.8 Å². The van der Waals surface area contributed by atoms with Crippen molar-refractivity contribution >= 4 is 11.3 Å². The molecule has 1 unspecified atom stereocenters. The van der Waals surface area contributed by atoms with Crippen LogP contribution in [0.15, 0.2) is 17.5 Å². The van der Waals surface area contributed by atoms with Crippen LogP contribution in [0.4, 0.5) is 0 Å². The molecule has 0 bridgehead atoms. The molecule has 1 atom stereocenters. The topological polar surface area (TPSA) is 41.5 Å². The standard InChI is InChI=1S/C9H15NO2S/c1-12-7-10-5-4-8(11)9-3-2-6-13-9/h2-3,6,8,10-11H,4-5,7H2,1H3. The minimum Gasteiger partial charge on any atom is -0.388 e. The molecule has 0 amide bonds. The van der Waals surface area contributed by atoms with Crippen LogP contribution < -0.4 is 5.32 Å². The quantitative estimate of drug-likeness (QED) is 0.539. The highest BCUT2D eigenvalue weighted by Gasteiger charge is 2.06. The van der Waals surface area contributed by atoms with E-state index >= 15 is 0 Å². The van der Waals surface area contributed by atoms with Gasteiger partial charge in [-0.3, -0.25) is 5.32 Å². The van der Waals surface area contributed by atoms with Gasteiger partial charge < -0.3 is 9.84 Å². The van der Waals surface area contributed by atoms with Gasteiger partial charge >= 0.3 is 0 Å². The van der Waals surface area contributed by atoms with Crippen LogP contribution in [-0.2, 0) is 4.74 Å². The third-order valence-electron chi connectivity index (χ3n) is 1.71.